The lowest BCUT2D eigenvalue weighted by Gasteiger charge is -2.11. The fourth-order valence-electron chi connectivity index (χ4n) is 0.936. The normalized spacial score (nSPS) is 13.6. The highest BCUT2D eigenvalue weighted by Crippen LogP contribution is 2.06. The van der Waals surface area contributed by atoms with Gasteiger partial charge in [-0.3, -0.25) is 4.72 Å². The quantitative estimate of drug-likeness (QED) is 0.629. The summed E-state index contributed by atoms with van der Waals surface area (Å²) < 4.78 is 27.2. The Morgan fingerprint density at radius 2 is 1.86 bits per heavy atom. The third kappa shape index (κ3) is 3.73. The van der Waals surface area contributed by atoms with Gasteiger partial charge in [0.1, 0.15) is 0 Å². The third-order valence-electron chi connectivity index (χ3n) is 1.37. The van der Waals surface area contributed by atoms with E-state index in [4.69, 9.17) is 5.73 Å². The molecule has 6 heteroatoms. The summed E-state index contributed by atoms with van der Waals surface area (Å²) in [7, 11) is -3.56. The van der Waals surface area contributed by atoms with Gasteiger partial charge < -0.3 is 5.73 Å². The van der Waals surface area contributed by atoms with Crippen LogP contribution in [0.25, 0.3) is 0 Å². The molecule has 1 unspecified atom stereocenters. The van der Waals surface area contributed by atoms with Gasteiger partial charge in [-0.2, -0.15) is 13.1 Å². The van der Waals surface area contributed by atoms with Gasteiger partial charge in [0.25, 0.3) is 10.2 Å². The molecule has 0 aromatic heterocycles. The van der Waals surface area contributed by atoms with Gasteiger partial charge in [0.15, 0.2) is 0 Å². The highest BCUT2D eigenvalue weighted by atomic mass is 32.2. The predicted octanol–water partition coefficient (Wildman–Crippen LogP) is 0.238. The first-order valence-electron chi connectivity index (χ1n) is 4.10. The van der Waals surface area contributed by atoms with Gasteiger partial charge in [-0.05, 0) is 19.1 Å². The first kappa shape index (κ1) is 11.0. The fraction of sp³-hybridized carbons (Fsp3) is 0.250. The molecular formula is C8H13N3O2S. The van der Waals surface area contributed by atoms with Crippen LogP contribution in [0.15, 0.2) is 30.3 Å². The van der Waals surface area contributed by atoms with E-state index < -0.39 is 16.4 Å². The molecule has 0 spiro atoms. The Bertz CT molecular complexity index is 375. The molecule has 0 aliphatic carbocycles. The van der Waals surface area contributed by atoms with E-state index >= 15 is 0 Å². The van der Waals surface area contributed by atoms with Gasteiger partial charge in [0, 0.05) is 5.69 Å². The lowest BCUT2D eigenvalue weighted by Crippen LogP contribution is -2.41. The van der Waals surface area contributed by atoms with Gasteiger partial charge in [0.05, 0.1) is 6.17 Å². The molecule has 1 atom stereocenters. The summed E-state index contributed by atoms with van der Waals surface area (Å²) in [5, 5.41) is 0. The van der Waals surface area contributed by atoms with Crippen LogP contribution in [-0.2, 0) is 10.2 Å². The molecule has 0 aliphatic rings. The minimum absolute atomic E-state index is 0.501. The number of anilines is 1. The minimum atomic E-state index is -3.56. The van der Waals surface area contributed by atoms with Crippen LogP contribution < -0.4 is 15.2 Å². The van der Waals surface area contributed by atoms with Crippen molar-refractivity contribution < 1.29 is 8.42 Å². The fourth-order valence-corrected chi connectivity index (χ4v) is 1.93. The summed E-state index contributed by atoms with van der Waals surface area (Å²) >= 11 is 0. The number of para-hydroxylation sites is 1. The van der Waals surface area contributed by atoms with E-state index in [1.165, 1.54) is 0 Å². The summed E-state index contributed by atoms with van der Waals surface area (Å²) in [5.74, 6) is 0. The Morgan fingerprint density at radius 3 is 2.36 bits per heavy atom. The number of rotatable bonds is 4. The molecule has 1 aromatic rings. The van der Waals surface area contributed by atoms with E-state index in [0.717, 1.165) is 0 Å². The van der Waals surface area contributed by atoms with E-state index in [-0.39, 0.29) is 0 Å². The maximum atomic E-state index is 11.3. The summed E-state index contributed by atoms with van der Waals surface area (Å²) in [6, 6.07) is 8.59. The monoisotopic (exact) mass is 215 g/mol. The molecule has 1 aromatic carbocycles. The van der Waals surface area contributed by atoms with Crippen molar-refractivity contribution in [2.45, 2.75) is 13.1 Å². The molecule has 0 heterocycles. The lowest BCUT2D eigenvalue weighted by atomic mass is 10.3. The van der Waals surface area contributed by atoms with Crippen molar-refractivity contribution in [2.24, 2.45) is 5.73 Å². The number of hydrogen-bond donors (Lipinski definition) is 3. The van der Waals surface area contributed by atoms with Crippen molar-refractivity contribution in [1.82, 2.24) is 4.72 Å². The Hall–Kier alpha value is -1.11. The second-order valence-corrected chi connectivity index (χ2v) is 4.32. The minimum Gasteiger partial charge on any atom is -0.315 e. The molecule has 78 valence electrons. The summed E-state index contributed by atoms with van der Waals surface area (Å²) in [6.45, 7) is 1.55. The van der Waals surface area contributed by atoms with Gasteiger partial charge >= 0.3 is 0 Å². The number of nitrogens with two attached hydrogens (primary N) is 1. The molecule has 0 fully saturated rings. The van der Waals surface area contributed by atoms with Crippen molar-refractivity contribution in [3.05, 3.63) is 30.3 Å². The van der Waals surface area contributed by atoms with E-state index in [0.29, 0.717) is 5.69 Å². The number of hydrogen-bond acceptors (Lipinski definition) is 3. The van der Waals surface area contributed by atoms with E-state index in [9.17, 15) is 8.42 Å². The highest BCUT2D eigenvalue weighted by molar-refractivity contribution is 7.90. The number of benzene rings is 1. The van der Waals surface area contributed by atoms with Crippen molar-refractivity contribution >= 4 is 15.9 Å². The van der Waals surface area contributed by atoms with Crippen molar-refractivity contribution in [2.75, 3.05) is 4.72 Å². The maximum absolute atomic E-state index is 11.3. The topological polar surface area (TPSA) is 84.2 Å². The second-order valence-electron chi connectivity index (χ2n) is 2.88. The molecular weight excluding hydrogens is 202 g/mol. The van der Waals surface area contributed by atoms with Crippen LogP contribution in [0.3, 0.4) is 0 Å². The van der Waals surface area contributed by atoms with E-state index in [1.807, 2.05) is 0 Å². The average Bonchev–Trinajstić information content (AvgIpc) is 2.02. The Balaban J connectivity index is 2.70. The summed E-state index contributed by atoms with van der Waals surface area (Å²) in [6.07, 6.45) is -0.615. The molecule has 0 saturated heterocycles. The zero-order valence-electron chi connectivity index (χ0n) is 7.77. The molecule has 0 saturated carbocycles. The number of nitrogens with one attached hydrogen (secondary N) is 2. The van der Waals surface area contributed by atoms with Crippen LogP contribution in [0, 0.1) is 0 Å². The van der Waals surface area contributed by atoms with Crippen molar-refractivity contribution in [1.29, 1.82) is 0 Å². The third-order valence-corrected chi connectivity index (χ3v) is 2.55. The molecule has 4 N–H and O–H groups in total. The van der Waals surface area contributed by atoms with E-state index in [2.05, 4.69) is 9.44 Å². The zero-order valence-corrected chi connectivity index (χ0v) is 8.58. The smallest absolute Gasteiger partial charge is 0.300 e. The molecule has 14 heavy (non-hydrogen) atoms. The maximum Gasteiger partial charge on any atom is 0.300 e. The highest BCUT2D eigenvalue weighted by Gasteiger charge is 2.10. The SMILES string of the molecule is CC(N)NS(=O)(=O)Nc1ccccc1. The molecule has 1 rings (SSSR count). The zero-order chi connectivity index (χ0) is 10.6. The lowest BCUT2D eigenvalue weighted by molar-refractivity contribution is 0.571. The van der Waals surface area contributed by atoms with Crippen LogP contribution in [-0.4, -0.2) is 14.6 Å². The van der Waals surface area contributed by atoms with Crippen LogP contribution >= 0.6 is 0 Å². The predicted molar refractivity (Wildman–Crippen MR) is 55.8 cm³/mol. The van der Waals surface area contributed by atoms with Gasteiger partial charge in [-0.15, -0.1) is 0 Å². The molecule has 0 bridgehead atoms. The van der Waals surface area contributed by atoms with Crippen LogP contribution in [0.2, 0.25) is 0 Å². The Kier molecular flexibility index (Phi) is 3.45. The van der Waals surface area contributed by atoms with Crippen LogP contribution in [0.1, 0.15) is 6.92 Å². The molecule has 5 nitrogen and oxygen atoms in total. The molecule has 0 radical (unpaired) electrons. The van der Waals surface area contributed by atoms with Gasteiger partial charge in [-0.25, -0.2) is 0 Å². The summed E-state index contributed by atoms with van der Waals surface area (Å²) in [5.41, 5.74) is 5.80. The Labute approximate surface area is 83.5 Å². The second kappa shape index (κ2) is 4.41. The molecule has 0 amide bonds. The standard InChI is InChI=1S/C8H13N3O2S/c1-7(9)10-14(12,13)11-8-5-3-2-4-6-8/h2-7,10-11H,9H2,1H3. The van der Waals surface area contributed by atoms with Crippen LogP contribution in [0.5, 0.6) is 0 Å². The first-order chi connectivity index (χ1) is 6.49. The largest absolute Gasteiger partial charge is 0.315 e. The van der Waals surface area contributed by atoms with Crippen molar-refractivity contribution in [3.63, 3.8) is 0 Å². The average molecular weight is 215 g/mol. The van der Waals surface area contributed by atoms with Crippen molar-refractivity contribution in [3.8, 4) is 0 Å². The van der Waals surface area contributed by atoms with Crippen LogP contribution in [0.4, 0.5) is 5.69 Å². The van der Waals surface area contributed by atoms with Gasteiger partial charge in [0.2, 0.25) is 0 Å². The Morgan fingerprint density at radius 1 is 1.29 bits per heavy atom. The first-order valence-corrected chi connectivity index (χ1v) is 5.58. The van der Waals surface area contributed by atoms with E-state index in [1.54, 1.807) is 37.3 Å². The molecule has 0 aliphatic heterocycles. The summed E-state index contributed by atoms with van der Waals surface area (Å²) in [4.78, 5) is 0. The van der Waals surface area contributed by atoms with Gasteiger partial charge in [-0.1, -0.05) is 18.2 Å².